The van der Waals surface area contributed by atoms with Crippen LogP contribution in [0.1, 0.15) is 10.4 Å². The van der Waals surface area contributed by atoms with Crippen molar-refractivity contribution in [2.45, 2.75) is 11.1 Å². The van der Waals surface area contributed by atoms with Crippen LogP contribution in [0.5, 0.6) is 0 Å². The van der Waals surface area contributed by atoms with Crippen molar-refractivity contribution in [3.05, 3.63) is 59.7 Å². The van der Waals surface area contributed by atoms with Crippen molar-refractivity contribution >= 4 is 21.6 Å². The van der Waals surface area contributed by atoms with Crippen LogP contribution < -0.4 is 10.0 Å². The van der Waals surface area contributed by atoms with Gasteiger partial charge in [0, 0.05) is 11.8 Å². The Morgan fingerprint density at radius 3 is 2.15 bits per heavy atom. The second kappa shape index (κ2) is 7.38. The third-order valence-corrected chi connectivity index (χ3v) is 4.48. The summed E-state index contributed by atoms with van der Waals surface area (Å²) in [6.45, 7) is -1.72. The molecule has 2 N–H and O–H groups in total. The predicted octanol–water partition coefficient (Wildman–Crippen LogP) is 3.06. The van der Waals surface area contributed by atoms with E-state index in [9.17, 15) is 35.2 Å². The largest absolute Gasteiger partial charge is 0.402 e. The van der Waals surface area contributed by atoms with Crippen molar-refractivity contribution in [2.75, 3.05) is 11.9 Å². The topological polar surface area (TPSA) is 75.3 Å². The molecule has 2 aromatic carbocycles. The van der Waals surface area contributed by atoms with Crippen LogP contribution in [0.4, 0.5) is 27.6 Å². The van der Waals surface area contributed by atoms with Gasteiger partial charge in [-0.2, -0.15) is 13.2 Å². The van der Waals surface area contributed by atoms with Gasteiger partial charge in [0.15, 0.2) is 0 Å². The van der Waals surface area contributed by atoms with Crippen LogP contribution in [0.2, 0.25) is 0 Å². The Morgan fingerprint density at radius 1 is 1.00 bits per heavy atom. The van der Waals surface area contributed by atoms with Gasteiger partial charge in [0.1, 0.15) is 18.2 Å². The second-order valence-corrected chi connectivity index (χ2v) is 6.81. The highest BCUT2D eigenvalue weighted by Crippen LogP contribution is 2.18. The molecule has 0 aliphatic carbocycles. The number of hydrogen-bond donors (Lipinski definition) is 2. The van der Waals surface area contributed by atoms with E-state index in [1.807, 2.05) is 0 Å². The van der Waals surface area contributed by atoms with Crippen LogP contribution in [0.15, 0.2) is 47.4 Å². The molecular weight excluding hydrogens is 383 g/mol. The van der Waals surface area contributed by atoms with E-state index < -0.39 is 50.7 Å². The van der Waals surface area contributed by atoms with Crippen LogP contribution >= 0.6 is 0 Å². The van der Waals surface area contributed by atoms with E-state index >= 15 is 0 Å². The normalized spacial score (nSPS) is 12.0. The van der Waals surface area contributed by atoms with Crippen molar-refractivity contribution in [1.82, 2.24) is 4.72 Å². The number of benzene rings is 2. The van der Waals surface area contributed by atoms with E-state index in [1.165, 1.54) is 4.72 Å². The molecule has 0 heterocycles. The van der Waals surface area contributed by atoms with Gasteiger partial charge < -0.3 is 5.32 Å². The molecule has 0 saturated carbocycles. The zero-order chi connectivity index (χ0) is 19.5. The number of sulfonamides is 1. The van der Waals surface area contributed by atoms with E-state index in [1.54, 1.807) is 0 Å². The van der Waals surface area contributed by atoms with Crippen molar-refractivity contribution in [2.24, 2.45) is 0 Å². The molecule has 0 bridgehead atoms. The minimum absolute atomic E-state index is 0.0634. The summed E-state index contributed by atoms with van der Waals surface area (Å²) >= 11 is 0. The van der Waals surface area contributed by atoms with E-state index in [4.69, 9.17) is 0 Å². The van der Waals surface area contributed by atoms with Gasteiger partial charge in [0.25, 0.3) is 5.91 Å². The Kier molecular flexibility index (Phi) is 5.62. The second-order valence-electron chi connectivity index (χ2n) is 5.04. The zero-order valence-corrected chi connectivity index (χ0v) is 13.6. The lowest BCUT2D eigenvalue weighted by atomic mass is 10.2. The molecule has 1 amide bonds. The van der Waals surface area contributed by atoms with Crippen LogP contribution in [-0.2, 0) is 10.0 Å². The highest BCUT2D eigenvalue weighted by atomic mass is 32.2. The number of rotatable bonds is 5. The van der Waals surface area contributed by atoms with Crippen molar-refractivity contribution in [1.29, 1.82) is 0 Å². The molecule has 0 unspecified atom stereocenters. The molecule has 0 radical (unpaired) electrons. The number of carbonyl (C=O) groups excluding carboxylic acids is 1. The number of carbonyl (C=O) groups is 1. The first-order valence-electron chi connectivity index (χ1n) is 6.91. The Labute approximate surface area is 144 Å². The molecule has 2 aromatic rings. The maximum Gasteiger partial charge on any atom is 0.402 e. The Balaban J connectivity index is 2.10. The number of anilines is 1. The lowest BCUT2D eigenvalue weighted by molar-refractivity contribution is -0.121. The summed E-state index contributed by atoms with van der Waals surface area (Å²) in [5.41, 5.74) is -0.372. The summed E-state index contributed by atoms with van der Waals surface area (Å²) in [6.07, 6.45) is -4.71. The van der Waals surface area contributed by atoms with Crippen molar-refractivity contribution in [3.8, 4) is 0 Å². The maximum atomic E-state index is 13.5. The van der Waals surface area contributed by atoms with E-state index in [2.05, 4.69) is 5.32 Å². The van der Waals surface area contributed by atoms with Gasteiger partial charge in [-0.05, 0) is 36.4 Å². The molecule has 0 fully saturated rings. The van der Waals surface area contributed by atoms with Crippen molar-refractivity contribution in [3.63, 3.8) is 0 Å². The maximum absolute atomic E-state index is 13.5. The molecule has 140 valence electrons. The Bertz CT molecular complexity index is 912. The summed E-state index contributed by atoms with van der Waals surface area (Å²) in [7, 11) is -4.39. The molecule has 0 aliphatic heterocycles. The minimum atomic E-state index is -4.71. The summed E-state index contributed by atoms with van der Waals surface area (Å²) in [5, 5.41) is 2.26. The molecule has 11 heteroatoms. The van der Waals surface area contributed by atoms with Crippen molar-refractivity contribution < 1.29 is 35.2 Å². The highest BCUT2D eigenvalue weighted by molar-refractivity contribution is 7.89. The zero-order valence-electron chi connectivity index (χ0n) is 12.8. The fourth-order valence-corrected chi connectivity index (χ4v) is 2.86. The molecule has 0 saturated heterocycles. The summed E-state index contributed by atoms with van der Waals surface area (Å²) < 4.78 is 87.5. The van der Waals surface area contributed by atoms with Gasteiger partial charge in [-0.25, -0.2) is 21.9 Å². The van der Waals surface area contributed by atoms with Gasteiger partial charge in [-0.3, -0.25) is 4.79 Å². The molecular formula is C15H11F5N2O3S. The summed E-state index contributed by atoms with van der Waals surface area (Å²) in [6, 6.07) is 6.50. The molecule has 0 atom stereocenters. The highest BCUT2D eigenvalue weighted by Gasteiger charge is 2.30. The first-order chi connectivity index (χ1) is 12.0. The Morgan fingerprint density at radius 2 is 1.62 bits per heavy atom. The van der Waals surface area contributed by atoms with Gasteiger partial charge in [0.2, 0.25) is 10.0 Å². The average Bonchev–Trinajstić information content (AvgIpc) is 2.53. The Hall–Kier alpha value is -2.53. The van der Waals surface area contributed by atoms with Gasteiger partial charge in [0.05, 0.1) is 10.5 Å². The number of amides is 1. The quantitative estimate of drug-likeness (QED) is 0.766. The molecule has 2 rings (SSSR count). The van der Waals surface area contributed by atoms with E-state index in [0.29, 0.717) is 6.07 Å². The number of alkyl halides is 3. The molecule has 26 heavy (non-hydrogen) atoms. The summed E-state index contributed by atoms with van der Waals surface area (Å²) in [5.74, 6) is -2.86. The van der Waals surface area contributed by atoms with Crippen LogP contribution in [0, 0.1) is 11.6 Å². The van der Waals surface area contributed by atoms with Crippen LogP contribution in [0.3, 0.4) is 0 Å². The van der Waals surface area contributed by atoms with Gasteiger partial charge >= 0.3 is 6.18 Å². The molecule has 5 nitrogen and oxygen atoms in total. The lowest BCUT2D eigenvalue weighted by Crippen LogP contribution is -2.33. The van der Waals surface area contributed by atoms with Crippen LogP contribution in [0.25, 0.3) is 0 Å². The number of nitrogens with one attached hydrogen (secondary N) is 2. The predicted molar refractivity (Wildman–Crippen MR) is 82.0 cm³/mol. The summed E-state index contributed by atoms with van der Waals surface area (Å²) in [4.78, 5) is 11.5. The number of halogens is 5. The molecule has 0 spiro atoms. The minimum Gasteiger partial charge on any atom is -0.322 e. The van der Waals surface area contributed by atoms with Crippen LogP contribution in [-0.4, -0.2) is 27.0 Å². The average molecular weight is 394 g/mol. The fraction of sp³-hybridized carbons (Fsp3) is 0.133. The van der Waals surface area contributed by atoms with Gasteiger partial charge in [-0.1, -0.05) is 0 Å². The van der Waals surface area contributed by atoms with E-state index in [0.717, 1.165) is 36.4 Å². The van der Waals surface area contributed by atoms with Gasteiger partial charge in [-0.15, -0.1) is 0 Å². The molecule has 0 aromatic heterocycles. The first-order valence-corrected chi connectivity index (χ1v) is 8.39. The third-order valence-electron chi connectivity index (χ3n) is 3.06. The molecule has 0 aliphatic rings. The first kappa shape index (κ1) is 19.8. The monoisotopic (exact) mass is 394 g/mol. The number of hydrogen-bond acceptors (Lipinski definition) is 3. The third kappa shape index (κ3) is 5.23. The SMILES string of the molecule is O=C(Nc1ccc(S(=O)(=O)NCC(F)(F)F)cc1)c1ccc(F)cc1F. The lowest BCUT2D eigenvalue weighted by Gasteiger charge is -2.10. The fourth-order valence-electron chi connectivity index (χ4n) is 1.85. The smallest absolute Gasteiger partial charge is 0.322 e. The van der Waals surface area contributed by atoms with E-state index in [-0.39, 0.29) is 5.69 Å². The standard InChI is InChI=1S/C15H11F5N2O3S/c16-9-1-6-12(13(17)7-9)14(23)22-10-2-4-11(5-3-10)26(24,25)21-8-15(18,19)20/h1-7,21H,8H2,(H,22,23).